The Labute approximate surface area is 82.6 Å². The van der Waals surface area contributed by atoms with E-state index >= 15 is 0 Å². The van der Waals surface area contributed by atoms with Crippen molar-refractivity contribution in [2.75, 3.05) is 0 Å². The quantitative estimate of drug-likeness (QED) is 0.543. The van der Waals surface area contributed by atoms with Crippen LogP contribution >= 0.6 is 0 Å². The zero-order chi connectivity index (χ0) is 7.68. The van der Waals surface area contributed by atoms with Gasteiger partial charge in [-0.1, -0.05) is 18.2 Å². The van der Waals surface area contributed by atoms with Crippen molar-refractivity contribution in [3.05, 3.63) is 42.1 Å². The summed E-state index contributed by atoms with van der Waals surface area (Å²) in [5, 5.41) is 1.19. The summed E-state index contributed by atoms with van der Waals surface area (Å²) in [6.45, 7) is 2.08. The number of para-hydroxylation sites is 1. The van der Waals surface area contributed by atoms with E-state index in [1.54, 1.807) is 0 Å². The summed E-state index contributed by atoms with van der Waals surface area (Å²) in [6, 6.07) is 11.0. The van der Waals surface area contributed by atoms with E-state index in [1.165, 1.54) is 10.9 Å². The van der Waals surface area contributed by atoms with E-state index in [9.17, 15) is 0 Å². The Morgan fingerprint density at radius 1 is 1.33 bits per heavy atom. The van der Waals surface area contributed by atoms with Crippen molar-refractivity contribution < 1.29 is 0 Å². The van der Waals surface area contributed by atoms with E-state index in [-0.39, 0.29) is 17.4 Å². The molecule has 12 heavy (non-hydrogen) atoms. The fourth-order valence-electron chi connectivity index (χ4n) is 1.17. The number of nitrogens with zero attached hydrogens (tertiary/aromatic N) is 1. The number of aromatic nitrogens is 1. The monoisotopic (exact) mass is 172 g/mol. The maximum Gasteiger partial charge on any atom is 0.187 e. The largest absolute Gasteiger partial charge is 0.256 e. The molecule has 1 aromatic carbocycles. The molecule has 2 aromatic rings. The van der Waals surface area contributed by atoms with Gasteiger partial charge in [0.1, 0.15) is 0 Å². The van der Waals surface area contributed by atoms with Crippen LogP contribution in [0.4, 0.5) is 0 Å². The summed E-state index contributed by atoms with van der Waals surface area (Å²) < 4.78 is 0. The Morgan fingerprint density at radius 3 is 2.92 bits per heavy atom. The van der Waals surface area contributed by atoms with Crippen LogP contribution in [-0.2, 0) is 0 Å². The molecule has 0 bridgehead atoms. The van der Waals surface area contributed by atoms with Crippen molar-refractivity contribution in [1.29, 1.82) is 0 Å². The SMILES string of the molecule is Cc1ccnc2[c]cccc12.[AlH3]. The van der Waals surface area contributed by atoms with Crippen molar-refractivity contribution >= 4 is 28.3 Å². The molecule has 0 saturated heterocycles. The highest BCUT2D eigenvalue weighted by molar-refractivity contribution is 5.80. The van der Waals surface area contributed by atoms with Crippen LogP contribution in [0, 0.1) is 13.0 Å². The first-order valence-electron chi connectivity index (χ1n) is 3.60. The molecule has 59 valence electrons. The molecule has 0 aliphatic carbocycles. The third-order valence-corrected chi connectivity index (χ3v) is 1.79. The first-order chi connectivity index (χ1) is 5.38. The highest BCUT2D eigenvalue weighted by atomic mass is 27.0. The molecule has 0 atom stereocenters. The van der Waals surface area contributed by atoms with Crippen LogP contribution < -0.4 is 0 Å². The highest BCUT2D eigenvalue weighted by Gasteiger charge is 1.93. The lowest BCUT2D eigenvalue weighted by molar-refractivity contribution is 1.37. The van der Waals surface area contributed by atoms with Gasteiger partial charge in [-0.2, -0.15) is 0 Å². The number of benzene rings is 1. The smallest absolute Gasteiger partial charge is 0.187 e. The van der Waals surface area contributed by atoms with E-state index < -0.39 is 0 Å². The lowest BCUT2D eigenvalue weighted by atomic mass is 10.1. The van der Waals surface area contributed by atoms with E-state index in [4.69, 9.17) is 0 Å². The molecule has 1 aromatic heterocycles. The van der Waals surface area contributed by atoms with Crippen molar-refractivity contribution in [3.63, 3.8) is 0 Å². The van der Waals surface area contributed by atoms with Crippen molar-refractivity contribution in [1.82, 2.24) is 4.98 Å². The molecule has 1 nitrogen and oxygen atoms in total. The summed E-state index contributed by atoms with van der Waals surface area (Å²) in [7, 11) is 0. The van der Waals surface area contributed by atoms with E-state index in [0.717, 1.165) is 5.52 Å². The summed E-state index contributed by atoms with van der Waals surface area (Å²) in [6.07, 6.45) is 1.81. The molecule has 2 rings (SSSR count). The molecule has 0 amide bonds. The molecule has 1 radical (unpaired) electrons. The van der Waals surface area contributed by atoms with Crippen LogP contribution in [0.25, 0.3) is 10.9 Å². The van der Waals surface area contributed by atoms with Gasteiger partial charge in [-0.15, -0.1) is 0 Å². The van der Waals surface area contributed by atoms with E-state index in [0.29, 0.717) is 0 Å². The Morgan fingerprint density at radius 2 is 2.17 bits per heavy atom. The van der Waals surface area contributed by atoms with Crippen molar-refractivity contribution in [2.24, 2.45) is 0 Å². The topological polar surface area (TPSA) is 12.9 Å². The first-order valence-corrected chi connectivity index (χ1v) is 3.60. The van der Waals surface area contributed by atoms with Crippen molar-refractivity contribution in [3.8, 4) is 0 Å². The van der Waals surface area contributed by atoms with Crippen LogP contribution in [0.5, 0.6) is 0 Å². The molecule has 0 aliphatic rings. The van der Waals surface area contributed by atoms with Gasteiger partial charge >= 0.3 is 0 Å². The third kappa shape index (κ3) is 1.50. The van der Waals surface area contributed by atoms with E-state index in [2.05, 4.69) is 24.0 Å². The van der Waals surface area contributed by atoms with Crippen LogP contribution in [0.2, 0.25) is 0 Å². The fourth-order valence-corrected chi connectivity index (χ4v) is 1.17. The van der Waals surface area contributed by atoms with Gasteiger partial charge in [0.15, 0.2) is 17.4 Å². The summed E-state index contributed by atoms with van der Waals surface area (Å²) in [5.74, 6) is 0. The van der Waals surface area contributed by atoms with Gasteiger partial charge in [0, 0.05) is 17.6 Å². The lowest BCUT2D eigenvalue weighted by Gasteiger charge is -1.97. The minimum absolute atomic E-state index is 0. The van der Waals surface area contributed by atoms with Crippen LogP contribution in [0.3, 0.4) is 0 Å². The second-order valence-electron chi connectivity index (χ2n) is 2.56. The molecule has 0 unspecified atom stereocenters. The molecular formula is C10H11AlN. The van der Waals surface area contributed by atoms with Gasteiger partial charge in [-0.3, -0.25) is 4.98 Å². The molecule has 1 heterocycles. The Hall–Kier alpha value is -0.838. The summed E-state index contributed by atoms with van der Waals surface area (Å²) in [5.41, 5.74) is 2.21. The maximum atomic E-state index is 4.19. The van der Waals surface area contributed by atoms with Gasteiger partial charge in [0.25, 0.3) is 0 Å². The van der Waals surface area contributed by atoms with Crippen molar-refractivity contribution in [2.45, 2.75) is 6.92 Å². The zero-order valence-electron chi connectivity index (χ0n) is 6.33. The average molecular weight is 172 g/mol. The minimum atomic E-state index is 0. The molecule has 0 fully saturated rings. The first kappa shape index (κ1) is 9.25. The molecule has 0 saturated carbocycles. The Balaban J connectivity index is 0.000000720. The van der Waals surface area contributed by atoms with E-state index in [1.807, 2.05) is 24.4 Å². The predicted molar refractivity (Wildman–Crippen MR) is 55.3 cm³/mol. The number of hydrogen-bond acceptors (Lipinski definition) is 1. The molecule has 0 spiro atoms. The second-order valence-corrected chi connectivity index (χ2v) is 2.56. The van der Waals surface area contributed by atoms with Gasteiger partial charge in [-0.25, -0.2) is 0 Å². The molecule has 0 N–H and O–H groups in total. The Bertz CT molecular complexity index is 379. The third-order valence-electron chi connectivity index (χ3n) is 1.79. The molecule has 2 heteroatoms. The maximum absolute atomic E-state index is 4.19. The van der Waals surface area contributed by atoms with Crippen LogP contribution in [0.1, 0.15) is 5.56 Å². The summed E-state index contributed by atoms with van der Waals surface area (Å²) >= 11 is 0. The van der Waals surface area contributed by atoms with Gasteiger partial charge in [0.05, 0.1) is 5.52 Å². The number of fused-ring (bicyclic) bond motifs is 1. The highest BCUT2D eigenvalue weighted by Crippen LogP contribution is 2.13. The number of pyridine rings is 1. The van der Waals surface area contributed by atoms with Gasteiger partial charge < -0.3 is 0 Å². The Kier molecular flexibility index (Phi) is 2.86. The minimum Gasteiger partial charge on any atom is -0.256 e. The molecular weight excluding hydrogens is 161 g/mol. The number of aryl methyl sites for hydroxylation is 1. The zero-order valence-corrected chi connectivity index (χ0v) is 6.33. The standard InChI is InChI=1S/C10H8N.Al.3H/c1-8-6-7-11-10-5-3-2-4-9(8)10;;;;/h2-4,6-7H,1H3;;;;. The van der Waals surface area contributed by atoms with Crippen LogP contribution in [0.15, 0.2) is 30.5 Å². The summed E-state index contributed by atoms with van der Waals surface area (Å²) in [4.78, 5) is 4.19. The van der Waals surface area contributed by atoms with Gasteiger partial charge in [-0.05, 0) is 18.6 Å². The lowest BCUT2D eigenvalue weighted by Crippen LogP contribution is -1.80. The number of hydrogen-bond donors (Lipinski definition) is 0. The van der Waals surface area contributed by atoms with Gasteiger partial charge in [0.2, 0.25) is 0 Å². The predicted octanol–water partition coefficient (Wildman–Crippen LogP) is 1.16. The average Bonchev–Trinajstić information content (AvgIpc) is 2.06. The molecule has 0 aliphatic heterocycles. The second kappa shape index (κ2) is 3.71. The van der Waals surface area contributed by atoms with Crippen LogP contribution in [-0.4, -0.2) is 22.3 Å². The fraction of sp³-hybridized carbons (Fsp3) is 0.100. The normalized spacial score (nSPS) is 9.42. The number of rotatable bonds is 0.